The molecule has 1 heteroatoms. The Morgan fingerprint density at radius 3 is 2.00 bits per heavy atom. The summed E-state index contributed by atoms with van der Waals surface area (Å²) >= 11 is 3.32. The maximum Gasteiger partial charge on any atom is 0.0204 e. The molecule has 6 heavy (non-hydrogen) atoms. The molecular formula is C5H5Br. The molecule has 0 aromatic rings. The highest BCUT2D eigenvalue weighted by molar-refractivity contribution is 9.12. The van der Waals surface area contributed by atoms with Crippen LogP contribution in [0.2, 0.25) is 0 Å². The molecule has 0 unspecified atom stereocenters. The van der Waals surface area contributed by atoms with Gasteiger partial charge in [0.05, 0.1) is 0 Å². The second-order valence-corrected chi connectivity index (χ2v) is 2.22. The van der Waals surface area contributed by atoms with Gasteiger partial charge in [0, 0.05) is 4.48 Å². The maximum absolute atomic E-state index is 3.32. The minimum atomic E-state index is 1.24. The lowest BCUT2D eigenvalue weighted by Gasteiger charge is -2.03. The van der Waals surface area contributed by atoms with Gasteiger partial charge in [-0.3, -0.25) is 0 Å². The molecule has 0 atom stereocenters. The van der Waals surface area contributed by atoms with Crippen LogP contribution >= 0.6 is 15.9 Å². The fraction of sp³-hybridized carbons (Fsp3) is 0.200. The largest absolute Gasteiger partial charge is 0.0571 e. The van der Waals surface area contributed by atoms with E-state index in [1.54, 1.807) is 0 Å². The second kappa shape index (κ2) is 1.23. The Kier molecular flexibility index (Phi) is 0.845. The van der Waals surface area contributed by atoms with Crippen LogP contribution in [0.5, 0.6) is 0 Å². The first-order chi connectivity index (χ1) is 2.80. The summed E-state index contributed by atoms with van der Waals surface area (Å²) in [6.07, 6.45) is 4.11. The summed E-state index contributed by atoms with van der Waals surface area (Å²) in [6, 6.07) is 0. The fourth-order valence-electron chi connectivity index (χ4n) is 0.313. The van der Waals surface area contributed by atoms with Gasteiger partial charge < -0.3 is 0 Å². The van der Waals surface area contributed by atoms with E-state index in [2.05, 4.69) is 28.9 Å². The van der Waals surface area contributed by atoms with Crippen LogP contribution in [0.15, 0.2) is 22.2 Å². The van der Waals surface area contributed by atoms with Crippen LogP contribution in [0.25, 0.3) is 0 Å². The van der Waals surface area contributed by atoms with E-state index in [0.717, 1.165) is 0 Å². The molecule has 1 aliphatic rings. The minimum Gasteiger partial charge on any atom is -0.0571 e. The highest BCUT2D eigenvalue weighted by Gasteiger charge is 1.98. The first-order valence-corrected chi connectivity index (χ1v) is 2.64. The van der Waals surface area contributed by atoms with E-state index < -0.39 is 0 Å². The van der Waals surface area contributed by atoms with Crippen LogP contribution in [0.4, 0.5) is 0 Å². The first-order valence-electron chi connectivity index (χ1n) is 1.85. The Hall–Kier alpha value is -0.0400. The summed E-state index contributed by atoms with van der Waals surface area (Å²) in [6.45, 7) is 2.07. The van der Waals surface area contributed by atoms with E-state index in [9.17, 15) is 0 Å². The van der Waals surface area contributed by atoms with E-state index in [-0.39, 0.29) is 0 Å². The molecule has 0 heterocycles. The molecule has 1 rings (SSSR count). The second-order valence-electron chi connectivity index (χ2n) is 1.36. The molecule has 0 amide bonds. The molecule has 0 aromatic carbocycles. The first kappa shape index (κ1) is 4.13. The van der Waals surface area contributed by atoms with E-state index in [1.807, 2.05) is 6.08 Å². The number of hydrogen-bond acceptors (Lipinski definition) is 0. The zero-order chi connectivity index (χ0) is 4.57. The Labute approximate surface area is 45.7 Å². The summed E-state index contributed by atoms with van der Waals surface area (Å²) in [5.41, 5.74) is 1.34. The molecule has 0 aliphatic heterocycles. The maximum atomic E-state index is 3.32. The van der Waals surface area contributed by atoms with Crippen LogP contribution in [0.3, 0.4) is 0 Å². The highest BCUT2D eigenvalue weighted by Crippen LogP contribution is 2.23. The lowest BCUT2D eigenvalue weighted by atomic mass is 10.1. The summed E-state index contributed by atoms with van der Waals surface area (Å²) in [5, 5.41) is 0. The predicted octanol–water partition coefficient (Wildman–Crippen LogP) is 2.23. The Bertz CT molecular complexity index is 104. The van der Waals surface area contributed by atoms with Crippen LogP contribution in [0.1, 0.15) is 6.92 Å². The average molecular weight is 145 g/mol. The lowest BCUT2D eigenvalue weighted by molar-refractivity contribution is 1.44. The minimum absolute atomic E-state index is 1.24. The van der Waals surface area contributed by atoms with Crippen molar-refractivity contribution in [1.82, 2.24) is 0 Å². The smallest absolute Gasteiger partial charge is 0.0204 e. The predicted molar refractivity (Wildman–Crippen MR) is 30.8 cm³/mol. The lowest BCUT2D eigenvalue weighted by Crippen LogP contribution is -1.81. The Balaban J connectivity index is 2.63. The van der Waals surface area contributed by atoms with Crippen molar-refractivity contribution in [2.45, 2.75) is 6.92 Å². The zero-order valence-electron chi connectivity index (χ0n) is 3.53. The normalized spacial score (nSPS) is 18.3. The van der Waals surface area contributed by atoms with Crippen LogP contribution < -0.4 is 0 Å². The third-order valence-electron chi connectivity index (χ3n) is 0.856. The van der Waals surface area contributed by atoms with Crippen molar-refractivity contribution in [2.75, 3.05) is 0 Å². The van der Waals surface area contributed by atoms with Gasteiger partial charge in [-0.15, -0.1) is 0 Å². The molecule has 0 nitrogen and oxygen atoms in total. The van der Waals surface area contributed by atoms with Crippen LogP contribution in [-0.4, -0.2) is 0 Å². The van der Waals surface area contributed by atoms with Crippen molar-refractivity contribution in [1.29, 1.82) is 0 Å². The number of hydrogen-bond donors (Lipinski definition) is 0. The fourth-order valence-corrected chi connectivity index (χ4v) is 0.577. The van der Waals surface area contributed by atoms with E-state index >= 15 is 0 Å². The summed E-state index contributed by atoms with van der Waals surface area (Å²) in [4.78, 5) is 0. The van der Waals surface area contributed by atoms with Crippen molar-refractivity contribution in [3.63, 3.8) is 0 Å². The monoisotopic (exact) mass is 144 g/mol. The highest BCUT2D eigenvalue weighted by atomic mass is 79.9. The number of allylic oxidation sites excluding steroid dienone is 4. The summed E-state index contributed by atoms with van der Waals surface area (Å²) < 4.78 is 1.24. The van der Waals surface area contributed by atoms with Gasteiger partial charge in [0.15, 0.2) is 0 Å². The molecule has 0 fully saturated rings. The molecule has 0 aromatic heterocycles. The summed E-state index contributed by atoms with van der Waals surface area (Å²) in [5.74, 6) is 0. The molecule has 1 aliphatic carbocycles. The van der Waals surface area contributed by atoms with Gasteiger partial charge in [-0.2, -0.15) is 0 Å². The third kappa shape index (κ3) is 0.432. The molecule has 0 saturated heterocycles. The number of rotatable bonds is 0. The Morgan fingerprint density at radius 2 is 2.00 bits per heavy atom. The molecule has 0 saturated carbocycles. The SMILES string of the molecule is CC1=CC=C1Br. The van der Waals surface area contributed by atoms with Crippen molar-refractivity contribution >= 4 is 15.9 Å². The number of halogens is 1. The quantitative estimate of drug-likeness (QED) is 0.490. The zero-order valence-corrected chi connectivity index (χ0v) is 5.12. The molecule has 32 valence electrons. The van der Waals surface area contributed by atoms with Crippen molar-refractivity contribution in [3.05, 3.63) is 22.2 Å². The molecular weight excluding hydrogens is 140 g/mol. The standard InChI is InChI=1S/C5H5Br/c1-4-2-3-5(4)6/h2-3H,1H3. The van der Waals surface area contributed by atoms with Gasteiger partial charge >= 0.3 is 0 Å². The van der Waals surface area contributed by atoms with Gasteiger partial charge in [-0.1, -0.05) is 22.0 Å². The van der Waals surface area contributed by atoms with Gasteiger partial charge in [-0.25, -0.2) is 0 Å². The van der Waals surface area contributed by atoms with Gasteiger partial charge in [0.25, 0.3) is 0 Å². The third-order valence-corrected chi connectivity index (χ3v) is 1.75. The van der Waals surface area contributed by atoms with E-state index in [1.165, 1.54) is 10.1 Å². The van der Waals surface area contributed by atoms with Crippen LogP contribution in [0, 0.1) is 0 Å². The molecule has 0 N–H and O–H groups in total. The Morgan fingerprint density at radius 1 is 1.50 bits per heavy atom. The van der Waals surface area contributed by atoms with Gasteiger partial charge in [-0.05, 0) is 18.6 Å². The van der Waals surface area contributed by atoms with Gasteiger partial charge in [0.2, 0.25) is 0 Å². The van der Waals surface area contributed by atoms with E-state index in [0.29, 0.717) is 0 Å². The van der Waals surface area contributed by atoms with Crippen LogP contribution in [-0.2, 0) is 0 Å². The average Bonchev–Trinajstić information content (AvgIpc) is 1.61. The summed E-state index contributed by atoms with van der Waals surface area (Å²) in [7, 11) is 0. The van der Waals surface area contributed by atoms with Crippen molar-refractivity contribution < 1.29 is 0 Å². The molecule has 0 spiro atoms. The van der Waals surface area contributed by atoms with Crippen molar-refractivity contribution in [2.24, 2.45) is 0 Å². The molecule has 0 radical (unpaired) electrons. The van der Waals surface area contributed by atoms with E-state index in [4.69, 9.17) is 0 Å². The van der Waals surface area contributed by atoms with Crippen molar-refractivity contribution in [3.8, 4) is 0 Å². The molecule has 0 bridgehead atoms. The topological polar surface area (TPSA) is 0 Å². The van der Waals surface area contributed by atoms with Gasteiger partial charge in [0.1, 0.15) is 0 Å².